The first-order valence-corrected chi connectivity index (χ1v) is 3.77. The standard InChI is InChI=1S/C9H8O5.H2O/c10-8(11)5-14-7-3-1-2-6(4-7)9(12)13;/h1-4H,5H2,(H,10,11)(H,12,13);1H2. The summed E-state index contributed by atoms with van der Waals surface area (Å²) in [6.45, 7) is -0.483. The van der Waals surface area contributed by atoms with Gasteiger partial charge in [-0.15, -0.1) is 0 Å². The molecule has 1 aromatic carbocycles. The van der Waals surface area contributed by atoms with Crippen LogP contribution in [-0.4, -0.2) is 34.2 Å². The summed E-state index contributed by atoms with van der Waals surface area (Å²) in [5.41, 5.74) is 0.0629. The molecule has 1 aromatic rings. The SMILES string of the molecule is O.O=C(O)COc1cccc(C(=O)O)c1. The summed E-state index contributed by atoms with van der Waals surface area (Å²) in [7, 11) is 0. The van der Waals surface area contributed by atoms with Crippen LogP contribution in [0, 0.1) is 0 Å². The van der Waals surface area contributed by atoms with E-state index < -0.39 is 18.5 Å². The van der Waals surface area contributed by atoms with Gasteiger partial charge in [0.25, 0.3) is 0 Å². The molecule has 0 saturated heterocycles. The summed E-state index contributed by atoms with van der Waals surface area (Å²) >= 11 is 0. The topological polar surface area (TPSA) is 115 Å². The smallest absolute Gasteiger partial charge is 0.341 e. The van der Waals surface area contributed by atoms with E-state index >= 15 is 0 Å². The molecular weight excluding hydrogens is 204 g/mol. The molecule has 15 heavy (non-hydrogen) atoms. The van der Waals surface area contributed by atoms with E-state index in [2.05, 4.69) is 0 Å². The molecule has 82 valence electrons. The van der Waals surface area contributed by atoms with Gasteiger partial charge in [-0.1, -0.05) is 6.07 Å². The van der Waals surface area contributed by atoms with Crippen molar-refractivity contribution in [3.8, 4) is 5.75 Å². The Balaban J connectivity index is 0.00000196. The van der Waals surface area contributed by atoms with E-state index in [1.165, 1.54) is 24.3 Å². The number of benzene rings is 1. The fraction of sp³-hybridized carbons (Fsp3) is 0.111. The van der Waals surface area contributed by atoms with Crippen LogP contribution in [0.15, 0.2) is 24.3 Å². The highest BCUT2D eigenvalue weighted by Crippen LogP contribution is 2.12. The van der Waals surface area contributed by atoms with Crippen molar-refractivity contribution in [1.29, 1.82) is 0 Å². The van der Waals surface area contributed by atoms with Crippen LogP contribution in [0.2, 0.25) is 0 Å². The highest BCUT2D eigenvalue weighted by atomic mass is 16.5. The maximum atomic E-state index is 10.5. The minimum Gasteiger partial charge on any atom is -0.482 e. The van der Waals surface area contributed by atoms with Gasteiger partial charge >= 0.3 is 11.9 Å². The molecule has 0 heterocycles. The van der Waals surface area contributed by atoms with Gasteiger partial charge in [0.1, 0.15) is 5.75 Å². The number of aliphatic carboxylic acids is 1. The highest BCUT2D eigenvalue weighted by molar-refractivity contribution is 5.88. The molecule has 0 spiro atoms. The first kappa shape index (κ1) is 12.9. The monoisotopic (exact) mass is 214 g/mol. The Bertz CT molecular complexity index is 359. The number of ether oxygens (including phenoxy) is 1. The van der Waals surface area contributed by atoms with Crippen molar-refractivity contribution in [1.82, 2.24) is 0 Å². The van der Waals surface area contributed by atoms with Gasteiger partial charge in [-0.05, 0) is 18.2 Å². The molecular formula is C9H10O6. The van der Waals surface area contributed by atoms with E-state index in [-0.39, 0.29) is 16.8 Å². The summed E-state index contributed by atoms with van der Waals surface area (Å²) in [5, 5.41) is 16.9. The Morgan fingerprint density at radius 1 is 1.27 bits per heavy atom. The van der Waals surface area contributed by atoms with Gasteiger partial charge in [-0.3, -0.25) is 0 Å². The molecule has 0 bridgehead atoms. The first-order chi connectivity index (χ1) is 6.59. The molecule has 0 saturated carbocycles. The van der Waals surface area contributed by atoms with Crippen LogP contribution in [-0.2, 0) is 4.79 Å². The van der Waals surface area contributed by atoms with Gasteiger partial charge in [0.2, 0.25) is 0 Å². The van der Waals surface area contributed by atoms with E-state index in [4.69, 9.17) is 14.9 Å². The van der Waals surface area contributed by atoms with Crippen molar-refractivity contribution in [2.24, 2.45) is 0 Å². The maximum Gasteiger partial charge on any atom is 0.341 e. The van der Waals surface area contributed by atoms with E-state index in [9.17, 15) is 9.59 Å². The number of rotatable bonds is 4. The second kappa shape index (κ2) is 5.61. The number of hydrogen-bond donors (Lipinski definition) is 2. The Hall–Kier alpha value is -2.08. The van der Waals surface area contributed by atoms with Gasteiger partial charge in [0.05, 0.1) is 5.56 Å². The van der Waals surface area contributed by atoms with Crippen molar-refractivity contribution >= 4 is 11.9 Å². The summed E-state index contributed by atoms with van der Waals surface area (Å²) in [6.07, 6.45) is 0. The van der Waals surface area contributed by atoms with E-state index in [1.807, 2.05) is 0 Å². The zero-order chi connectivity index (χ0) is 10.6. The molecule has 0 radical (unpaired) electrons. The van der Waals surface area contributed by atoms with E-state index in [1.54, 1.807) is 0 Å². The quantitative estimate of drug-likeness (QED) is 0.733. The number of carboxylic acid groups (broad SMARTS) is 2. The molecule has 6 nitrogen and oxygen atoms in total. The zero-order valence-corrected chi connectivity index (χ0v) is 7.64. The van der Waals surface area contributed by atoms with Crippen LogP contribution in [0.3, 0.4) is 0 Å². The fourth-order valence-electron chi connectivity index (χ4n) is 0.864. The minimum absolute atomic E-state index is 0. The second-order valence-corrected chi connectivity index (χ2v) is 2.52. The molecule has 0 aliphatic heterocycles. The van der Waals surface area contributed by atoms with E-state index in [0.29, 0.717) is 0 Å². The van der Waals surface area contributed by atoms with Gasteiger partial charge in [0.15, 0.2) is 6.61 Å². The molecule has 6 heteroatoms. The Morgan fingerprint density at radius 3 is 2.47 bits per heavy atom. The average Bonchev–Trinajstić information content (AvgIpc) is 2.15. The summed E-state index contributed by atoms with van der Waals surface area (Å²) < 4.78 is 4.80. The lowest BCUT2D eigenvalue weighted by Gasteiger charge is -2.03. The van der Waals surface area contributed by atoms with Gasteiger partial charge in [-0.25, -0.2) is 9.59 Å². The first-order valence-electron chi connectivity index (χ1n) is 3.77. The third-order valence-electron chi connectivity index (χ3n) is 1.44. The van der Waals surface area contributed by atoms with Crippen LogP contribution in [0.5, 0.6) is 5.75 Å². The van der Waals surface area contributed by atoms with Crippen LogP contribution in [0.25, 0.3) is 0 Å². The minimum atomic E-state index is -1.11. The molecule has 0 amide bonds. The molecule has 0 aliphatic carbocycles. The predicted octanol–water partition coefficient (Wildman–Crippen LogP) is 0.0235. The van der Waals surface area contributed by atoms with Crippen LogP contribution >= 0.6 is 0 Å². The summed E-state index contributed by atoms with van der Waals surface area (Å²) in [4.78, 5) is 20.7. The normalized spacial score (nSPS) is 8.80. The fourth-order valence-corrected chi connectivity index (χ4v) is 0.864. The number of hydrogen-bond acceptors (Lipinski definition) is 3. The molecule has 0 aromatic heterocycles. The van der Waals surface area contributed by atoms with Crippen molar-refractivity contribution in [3.63, 3.8) is 0 Å². The average molecular weight is 214 g/mol. The number of carboxylic acids is 2. The largest absolute Gasteiger partial charge is 0.482 e. The second-order valence-electron chi connectivity index (χ2n) is 2.52. The van der Waals surface area contributed by atoms with E-state index in [0.717, 1.165) is 0 Å². The Kier molecular flexibility index (Phi) is 4.83. The van der Waals surface area contributed by atoms with Gasteiger partial charge in [-0.2, -0.15) is 0 Å². The zero-order valence-electron chi connectivity index (χ0n) is 7.64. The van der Waals surface area contributed by atoms with Crippen LogP contribution in [0.4, 0.5) is 0 Å². The third-order valence-corrected chi connectivity index (χ3v) is 1.44. The maximum absolute atomic E-state index is 10.5. The van der Waals surface area contributed by atoms with Crippen LogP contribution in [0.1, 0.15) is 10.4 Å². The number of carbonyl (C=O) groups is 2. The third kappa shape index (κ3) is 4.10. The lowest BCUT2D eigenvalue weighted by molar-refractivity contribution is -0.139. The Labute approximate surface area is 85.0 Å². The highest BCUT2D eigenvalue weighted by Gasteiger charge is 2.04. The van der Waals surface area contributed by atoms with Crippen molar-refractivity contribution in [2.45, 2.75) is 0 Å². The molecule has 0 aliphatic rings. The molecule has 1 rings (SSSR count). The summed E-state index contributed by atoms with van der Waals surface area (Å²) in [6, 6.07) is 5.65. The van der Waals surface area contributed by atoms with Crippen LogP contribution < -0.4 is 4.74 Å². The van der Waals surface area contributed by atoms with Crippen molar-refractivity contribution < 1.29 is 30.0 Å². The molecule has 0 fully saturated rings. The molecule has 4 N–H and O–H groups in total. The van der Waals surface area contributed by atoms with Crippen molar-refractivity contribution in [3.05, 3.63) is 29.8 Å². The van der Waals surface area contributed by atoms with Gasteiger partial charge in [0, 0.05) is 0 Å². The summed E-state index contributed by atoms with van der Waals surface area (Å²) in [5.74, 6) is -1.95. The molecule has 0 unspecified atom stereocenters. The lowest BCUT2D eigenvalue weighted by atomic mass is 10.2. The van der Waals surface area contributed by atoms with Gasteiger partial charge < -0.3 is 20.4 Å². The number of aromatic carboxylic acids is 1. The van der Waals surface area contributed by atoms with Crippen molar-refractivity contribution in [2.75, 3.05) is 6.61 Å². The lowest BCUT2D eigenvalue weighted by Crippen LogP contribution is -2.09. The molecule has 0 atom stereocenters. The Morgan fingerprint density at radius 2 is 1.93 bits per heavy atom. The predicted molar refractivity (Wildman–Crippen MR) is 50.1 cm³/mol.